The molecule has 0 spiro atoms. The summed E-state index contributed by atoms with van der Waals surface area (Å²) in [5, 5.41) is 80.8. The van der Waals surface area contributed by atoms with Gasteiger partial charge in [-0.1, -0.05) is 0 Å². The number of rotatable bonds is 8. The van der Waals surface area contributed by atoms with Gasteiger partial charge in [-0.15, -0.1) is 0 Å². The predicted octanol–water partition coefficient (Wildman–Crippen LogP) is -1.82. The molecule has 10 atom stereocenters. The fourth-order valence-electron chi connectivity index (χ4n) is 4.88. The first-order valence-electron chi connectivity index (χ1n) is 13.3. The molecular weight excluding hydrogens is 576 g/mol. The van der Waals surface area contributed by atoms with Gasteiger partial charge in [0.1, 0.15) is 82.8 Å². The molecule has 0 amide bonds. The molecule has 5 rings (SSSR count). The van der Waals surface area contributed by atoms with Crippen LogP contribution < -0.4 is 14.9 Å². The lowest BCUT2D eigenvalue weighted by Crippen LogP contribution is -2.62. The van der Waals surface area contributed by atoms with E-state index in [0.717, 1.165) is 0 Å². The molecule has 0 unspecified atom stereocenters. The second-order valence-electron chi connectivity index (χ2n) is 10.2. The molecule has 8 N–H and O–H groups in total. The van der Waals surface area contributed by atoms with E-state index in [1.54, 1.807) is 12.1 Å². The molecule has 3 heterocycles. The van der Waals surface area contributed by atoms with Crippen molar-refractivity contribution in [1.82, 2.24) is 0 Å². The summed E-state index contributed by atoms with van der Waals surface area (Å²) in [6, 6.07) is 9.97. The molecule has 1 aromatic heterocycles. The van der Waals surface area contributed by atoms with Crippen molar-refractivity contribution in [2.45, 2.75) is 61.4 Å². The highest BCUT2D eigenvalue weighted by Gasteiger charge is 2.48. The SMILES string of the molecule is COc1cc(O[C@@H]2O[C@H](CO[C@@H]3O[C@@H](CO)[C@H](O)[C@@H](O)[C@@H]3O)[C@H](O)[C@@H](O)[C@H]2O)c2c(=O)cc(-c3ccc(O)cc3)oc2c1. The lowest BCUT2D eigenvalue weighted by molar-refractivity contribution is -0.323. The van der Waals surface area contributed by atoms with Crippen LogP contribution >= 0.6 is 0 Å². The van der Waals surface area contributed by atoms with Gasteiger partial charge >= 0.3 is 0 Å². The number of aliphatic hydroxyl groups is 7. The van der Waals surface area contributed by atoms with E-state index >= 15 is 0 Å². The standard InChI is InChI=1S/C28H32O15/c1-38-13-6-16-20(14(31)8-15(40-16)11-2-4-12(30)5-3-11)17(7-13)41-28-26(37)24(35)22(33)19(43-28)10-39-27-25(36)23(34)21(32)18(9-29)42-27/h2-8,18-19,21-30,32-37H,9-10H2,1H3/t18-,19+,21-,22-,23+,24+,25-,26+,27+,28+/m0/s1. The average molecular weight is 609 g/mol. The Bertz CT molecular complexity index is 1460. The Morgan fingerprint density at radius 1 is 0.791 bits per heavy atom. The average Bonchev–Trinajstić information content (AvgIpc) is 3.00. The number of fused-ring (bicyclic) bond motifs is 1. The Morgan fingerprint density at radius 2 is 1.42 bits per heavy atom. The Labute approximate surface area is 243 Å². The normalized spacial score (nSPS) is 32.9. The minimum atomic E-state index is -1.81. The van der Waals surface area contributed by atoms with Crippen molar-refractivity contribution in [3.63, 3.8) is 0 Å². The zero-order chi connectivity index (χ0) is 31.0. The van der Waals surface area contributed by atoms with Crippen LogP contribution in [0.15, 0.2) is 51.7 Å². The summed E-state index contributed by atoms with van der Waals surface area (Å²) in [5.74, 6) is 0.289. The zero-order valence-corrected chi connectivity index (χ0v) is 22.7. The van der Waals surface area contributed by atoms with E-state index in [2.05, 4.69) is 0 Å². The Morgan fingerprint density at radius 3 is 2.07 bits per heavy atom. The van der Waals surface area contributed by atoms with Crippen molar-refractivity contribution in [3.05, 3.63) is 52.7 Å². The molecule has 2 aromatic carbocycles. The van der Waals surface area contributed by atoms with Crippen molar-refractivity contribution >= 4 is 11.0 Å². The second-order valence-corrected chi connectivity index (χ2v) is 10.2. The van der Waals surface area contributed by atoms with Crippen molar-refractivity contribution in [2.24, 2.45) is 0 Å². The van der Waals surface area contributed by atoms with Crippen molar-refractivity contribution < 1.29 is 69.0 Å². The van der Waals surface area contributed by atoms with Crippen LogP contribution in [-0.4, -0.2) is 123 Å². The van der Waals surface area contributed by atoms with Gasteiger partial charge in [-0.3, -0.25) is 4.79 Å². The zero-order valence-electron chi connectivity index (χ0n) is 22.7. The summed E-state index contributed by atoms with van der Waals surface area (Å²) in [6.45, 7) is -1.25. The molecule has 43 heavy (non-hydrogen) atoms. The smallest absolute Gasteiger partial charge is 0.229 e. The molecule has 0 bridgehead atoms. The Kier molecular flexibility index (Phi) is 9.19. The highest BCUT2D eigenvalue weighted by molar-refractivity contribution is 5.86. The lowest BCUT2D eigenvalue weighted by atomic mass is 9.98. The minimum absolute atomic E-state index is 0.0273. The number of benzene rings is 2. The number of aromatic hydroxyl groups is 1. The monoisotopic (exact) mass is 608 g/mol. The summed E-state index contributed by atoms with van der Waals surface area (Å²) in [6.07, 6.45) is -16.2. The maximum atomic E-state index is 13.2. The van der Waals surface area contributed by atoms with Gasteiger partial charge in [0.05, 0.1) is 20.3 Å². The molecule has 2 fully saturated rings. The number of aliphatic hydroxyl groups excluding tert-OH is 7. The first kappa shape index (κ1) is 31.1. The minimum Gasteiger partial charge on any atom is -0.508 e. The molecule has 0 saturated carbocycles. The highest BCUT2D eigenvalue weighted by Crippen LogP contribution is 2.35. The van der Waals surface area contributed by atoms with Gasteiger partial charge in [0.2, 0.25) is 6.29 Å². The van der Waals surface area contributed by atoms with Crippen LogP contribution in [0, 0.1) is 0 Å². The molecule has 234 valence electrons. The van der Waals surface area contributed by atoms with Crippen LogP contribution in [0.25, 0.3) is 22.3 Å². The molecule has 2 saturated heterocycles. The van der Waals surface area contributed by atoms with Crippen molar-refractivity contribution in [3.8, 4) is 28.6 Å². The van der Waals surface area contributed by atoms with Crippen LogP contribution in [0.3, 0.4) is 0 Å². The summed E-state index contributed by atoms with van der Waals surface area (Å²) in [4.78, 5) is 13.2. The van der Waals surface area contributed by atoms with Gasteiger partial charge in [0.25, 0.3) is 0 Å². The predicted molar refractivity (Wildman–Crippen MR) is 143 cm³/mol. The quantitative estimate of drug-likeness (QED) is 0.140. The summed E-state index contributed by atoms with van der Waals surface area (Å²) in [7, 11) is 1.37. The molecule has 15 heteroatoms. The van der Waals surface area contributed by atoms with Crippen molar-refractivity contribution in [2.75, 3.05) is 20.3 Å². The van der Waals surface area contributed by atoms with E-state index in [0.29, 0.717) is 5.56 Å². The molecule has 3 aromatic rings. The highest BCUT2D eigenvalue weighted by atomic mass is 16.7. The number of phenols is 1. The maximum Gasteiger partial charge on any atom is 0.229 e. The van der Waals surface area contributed by atoms with E-state index in [-0.39, 0.29) is 34.0 Å². The summed E-state index contributed by atoms with van der Waals surface area (Å²) >= 11 is 0. The van der Waals surface area contributed by atoms with Gasteiger partial charge in [-0.05, 0) is 24.3 Å². The van der Waals surface area contributed by atoms with Crippen LogP contribution in [-0.2, 0) is 14.2 Å². The van der Waals surface area contributed by atoms with E-state index in [1.807, 2.05) is 0 Å². The largest absolute Gasteiger partial charge is 0.508 e. The van der Waals surface area contributed by atoms with Crippen LogP contribution in [0.1, 0.15) is 0 Å². The molecule has 0 radical (unpaired) electrons. The second kappa shape index (κ2) is 12.7. The van der Waals surface area contributed by atoms with Crippen molar-refractivity contribution in [1.29, 1.82) is 0 Å². The molecule has 15 nitrogen and oxygen atoms in total. The number of hydrogen-bond donors (Lipinski definition) is 8. The van der Waals surface area contributed by atoms with Gasteiger partial charge in [-0.25, -0.2) is 0 Å². The number of methoxy groups -OCH3 is 1. The lowest BCUT2D eigenvalue weighted by Gasteiger charge is -2.42. The third kappa shape index (κ3) is 6.18. The molecule has 2 aliphatic rings. The topological polar surface area (TPSA) is 238 Å². The van der Waals surface area contributed by atoms with E-state index in [9.17, 15) is 45.6 Å². The number of hydrogen-bond acceptors (Lipinski definition) is 15. The van der Waals surface area contributed by atoms with Gasteiger partial charge < -0.3 is 69.0 Å². The first-order valence-corrected chi connectivity index (χ1v) is 13.3. The molecule has 2 aliphatic heterocycles. The van der Waals surface area contributed by atoms with Crippen LogP contribution in [0.4, 0.5) is 0 Å². The summed E-state index contributed by atoms with van der Waals surface area (Å²) in [5.41, 5.74) is 0.0288. The van der Waals surface area contributed by atoms with Crippen LogP contribution in [0.2, 0.25) is 0 Å². The summed E-state index contributed by atoms with van der Waals surface area (Å²) < 4.78 is 33.5. The first-order chi connectivity index (χ1) is 20.5. The third-order valence-electron chi connectivity index (χ3n) is 7.34. The fourth-order valence-corrected chi connectivity index (χ4v) is 4.88. The van der Waals surface area contributed by atoms with Gasteiger partial charge in [0, 0.05) is 23.8 Å². The molecular formula is C28H32O15. The van der Waals surface area contributed by atoms with E-state index in [4.69, 9.17) is 28.1 Å². The third-order valence-corrected chi connectivity index (χ3v) is 7.34. The Balaban J connectivity index is 1.39. The molecule has 0 aliphatic carbocycles. The van der Waals surface area contributed by atoms with E-state index in [1.165, 1.54) is 37.4 Å². The maximum absolute atomic E-state index is 13.2. The fraction of sp³-hybridized carbons (Fsp3) is 0.464. The van der Waals surface area contributed by atoms with Gasteiger partial charge in [-0.2, -0.15) is 0 Å². The van der Waals surface area contributed by atoms with Crippen LogP contribution in [0.5, 0.6) is 17.2 Å². The number of ether oxygens (including phenoxy) is 5. The van der Waals surface area contributed by atoms with E-state index < -0.39 is 80.1 Å². The Hall–Kier alpha value is -3.35. The number of phenolic OH excluding ortho intramolecular Hbond substituents is 1. The van der Waals surface area contributed by atoms with Gasteiger partial charge in [0.15, 0.2) is 11.7 Å².